The van der Waals surface area contributed by atoms with Crippen molar-refractivity contribution in [2.75, 3.05) is 6.61 Å². The molecule has 0 aromatic rings. The van der Waals surface area contributed by atoms with Crippen LogP contribution in [0.15, 0.2) is 35.5 Å². The quantitative estimate of drug-likeness (QED) is 0.450. The monoisotopic (exact) mass is 336 g/mol. The van der Waals surface area contributed by atoms with Crippen LogP contribution in [-0.4, -0.2) is 30.1 Å². The Labute approximate surface area is 146 Å². The Hall–Kier alpha value is -1.39. The van der Waals surface area contributed by atoms with Gasteiger partial charge in [0.05, 0.1) is 6.10 Å². The van der Waals surface area contributed by atoms with E-state index in [1.165, 1.54) is 11.6 Å². The van der Waals surface area contributed by atoms with Crippen molar-refractivity contribution in [3.63, 3.8) is 0 Å². The van der Waals surface area contributed by atoms with Crippen LogP contribution in [0.3, 0.4) is 0 Å². The zero-order chi connectivity index (χ0) is 17.9. The zero-order valence-electron chi connectivity index (χ0n) is 15.3. The fourth-order valence-electron chi connectivity index (χ4n) is 2.72. The van der Waals surface area contributed by atoms with Gasteiger partial charge in [-0.15, -0.1) is 0 Å². The number of hydrogen-bond acceptors (Lipinski definition) is 3. The van der Waals surface area contributed by atoms with Gasteiger partial charge in [0.2, 0.25) is 0 Å². The maximum atomic E-state index is 10.6. The number of aliphatic carboxylic acids is 1. The molecule has 2 unspecified atom stereocenters. The number of rotatable bonds is 10. The first kappa shape index (κ1) is 20.7. The van der Waals surface area contributed by atoms with E-state index < -0.39 is 5.97 Å². The molecule has 4 heteroatoms. The summed E-state index contributed by atoms with van der Waals surface area (Å²) in [5.74, 6) is -0.875. The van der Waals surface area contributed by atoms with E-state index in [1.54, 1.807) is 0 Å². The van der Waals surface area contributed by atoms with Crippen molar-refractivity contribution in [1.29, 1.82) is 0 Å². The Morgan fingerprint density at radius 3 is 2.62 bits per heavy atom. The van der Waals surface area contributed by atoms with Crippen molar-refractivity contribution in [3.05, 3.63) is 35.5 Å². The number of carbonyl (C=O) groups is 1. The molecule has 0 radical (unpaired) electrons. The van der Waals surface area contributed by atoms with E-state index in [0.29, 0.717) is 0 Å². The minimum Gasteiger partial charge on any atom is -0.478 e. The lowest BCUT2D eigenvalue weighted by Crippen LogP contribution is -2.28. The van der Waals surface area contributed by atoms with Crippen molar-refractivity contribution in [2.45, 2.75) is 78.1 Å². The lowest BCUT2D eigenvalue weighted by molar-refractivity contribution is -0.181. The van der Waals surface area contributed by atoms with Crippen molar-refractivity contribution < 1.29 is 19.4 Å². The van der Waals surface area contributed by atoms with Crippen LogP contribution >= 0.6 is 0 Å². The molecule has 0 amide bonds. The van der Waals surface area contributed by atoms with Gasteiger partial charge in [-0.1, -0.05) is 29.4 Å². The van der Waals surface area contributed by atoms with Gasteiger partial charge >= 0.3 is 5.97 Å². The highest BCUT2D eigenvalue weighted by atomic mass is 16.7. The third-order valence-electron chi connectivity index (χ3n) is 4.21. The van der Waals surface area contributed by atoms with Crippen molar-refractivity contribution in [2.24, 2.45) is 0 Å². The van der Waals surface area contributed by atoms with E-state index in [9.17, 15) is 4.79 Å². The van der Waals surface area contributed by atoms with E-state index >= 15 is 0 Å². The Kier molecular flexibility index (Phi) is 9.65. The minimum atomic E-state index is -0.875. The number of carboxylic acids is 1. The van der Waals surface area contributed by atoms with Gasteiger partial charge in [0.15, 0.2) is 6.29 Å². The van der Waals surface area contributed by atoms with Crippen LogP contribution in [0.2, 0.25) is 0 Å². The van der Waals surface area contributed by atoms with E-state index in [4.69, 9.17) is 14.6 Å². The van der Waals surface area contributed by atoms with Crippen molar-refractivity contribution in [3.8, 4) is 0 Å². The normalized spacial score (nSPS) is 20.7. The maximum absolute atomic E-state index is 10.6. The fraction of sp³-hybridized carbons (Fsp3) is 0.650. The molecule has 1 saturated heterocycles. The van der Waals surface area contributed by atoms with Gasteiger partial charge in [-0.2, -0.15) is 0 Å². The second kappa shape index (κ2) is 11.2. The molecular weight excluding hydrogens is 304 g/mol. The average Bonchev–Trinajstić information content (AvgIpc) is 2.51. The first-order valence-electron chi connectivity index (χ1n) is 8.86. The summed E-state index contributed by atoms with van der Waals surface area (Å²) < 4.78 is 11.7. The van der Waals surface area contributed by atoms with Crippen LogP contribution in [0, 0.1) is 0 Å². The third kappa shape index (κ3) is 9.04. The average molecular weight is 336 g/mol. The molecule has 1 heterocycles. The van der Waals surface area contributed by atoms with Crippen LogP contribution in [-0.2, 0) is 14.3 Å². The number of hydrogen-bond donors (Lipinski definition) is 1. The van der Waals surface area contributed by atoms with Gasteiger partial charge in [-0.05, 0) is 65.7 Å². The molecule has 1 aliphatic heterocycles. The van der Waals surface area contributed by atoms with Crippen LogP contribution in [0.25, 0.3) is 0 Å². The summed E-state index contributed by atoms with van der Waals surface area (Å²) in [5, 5.41) is 8.70. The highest BCUT2D eigenvalue weighted by Gasteiger charge is 2.20. The summed E-state index contributed by atoms with van der Waals surface area (Å²) in [5.41, 5.74) is 3.24. The number of ether oxygens (including phenoxy) is 2. The summed E-state index contributed by atoms with van der Waals surface area (Å²) in [6.07, 6.45) is 10.2. The summed E-state index contributed by atoms with van der Waals surface area (Å²) >= 11 is 0. The molecule has 0 aromatic carbocycles. The Balaban J connectivity index is 2.37. The highest BCUT2D eigenvalue weighted by Crippen LogP contribution is 2.22. The predicted molar refractivity (Wildman–Crippen MR) is 96.9 cm³/mol. The van der Waals surface area contributed by atoms with Crippen molar-refractivity contribution in [1.82, 2.24) is 0 Å². The number of allylic oxidation sites excluding steroid dienone is 3. The molecule has 1 fully saturated rings. The predicted octanol–water partition coefficient (Wildman–Crippen LogP) is 5.01. The largest absolute Gasteiger partial charge is 0.478 e. The first-order valence-corrected chi connectivity index (χ1v) is 8.86. The van der Waals surface area contributed by atoms with E-state index in [0.717, 1.165) is 62.7 Å². The standard InChI is InChI=1S/C20H32O4/c1-15(2)18(24-20-10-5-6-13-23-20)12-11-16(3)8-7-9-17(4)14-19(21)22/h8,14,18,20H,1,5-7,9-13H2,2-4H3,(H,21,22)/b16-8+,17-14+. The van der Waals surface area contributed by atoms with Crippen molar-refractivity contribution >= 4 is 5.97 Å². The minimum absolute atomic E-state index is 0.0325. The summed E-state index contributed by atoms with van der Waals surface area (Å²) in [6, 6.07) is 0. The highest BCUT2D eigenvalue weighted by molar-refractivity contribution is 5.80. The SMILES string of the molecule is C=C(C)C(CC/C(C)=C/CC/C(C)=C/C(=O)O)OC1CCCCO1. The number of carboxylic acid groups (broad SMARTS) is 1. The van der Waals surface area contributed by atoms with Crippen LogP contribution in [0.4, 0.5) is 0 Å². The molecule has 24 heavy (non-hydrogen) atoms. The Morgan fingerprint density at radius 1 is 1.29 bits per heavy atom. The molecule has 1 rings (SSSR count). The second-order valence-electron chi connectivity index (χ2n) is 6.72. The molecule has 0 aliphatic carbocycles. The molecule has 0 saturated carbocycles. The van der Waals surface area contributed by atoms with Gasteiger partial charge in [0.25, 0.3) is 0 Å². The smallest absolute Gasteiger partial charge is 0.328 e. The third-order valence-corrected chi connectivity index (χ3v) is 4.21. The zero-order valence-corrected chi connectivity index (χ0v) is 15.3. The topological polar surface area (TPSA) is 55.8 Å². The molecule has 1 aliphatic rings. The lowest BCUT2D eigenvalue weighted by atomic mass is 10.0. The molecule has 0 spiro atoms. The molecule has 2 atom stereocenters. The first-order chi connectivity index (χ1) is 11.4. The maximum Gasteiger partial charge on any atom is 0.328 e. The van der Waals surface area contributed by atoms with Gasteiger partial charge < -0.3 is 14.6 Å². The Bertz CT molecular complexity index is 470. The summed E-state index contributed by atoms with van der Waals surface area (Å²) in [6.45, 7) is 10.8. The molecular formula is C20H32O4. The second-order valence-corrected chi connectivity index (χ2v) is 6.72. The van der Waals surface area contributed by atoms with Gasteiger partial charge in [0.1, 0.15) is 0 Å². The lowest BCUT2D eigenvalue weighted by Gasteiger charge is -2.28. The summed E-state index contributed by atoms with van der Waals surface area (Å²) in [4.78, 5) is 10.6. The van der Waals surface area contributed by atoms with Crippen LogP contribution < -0.4 is 0 Å². The molecule has 4 nitrogen and oxygen atoms in total. The van der Waals surface area contributed by atoms with Gasteiger partial charge in [-0.3, -0.25) is 0 Å². The van der Waals surface area contributed by atoms with Crippen LogP contribution in [0.1, 0.15) is 65.7 Å². The van der Waals surface area contributed by atoms with Gasteiger partial charge in [-0.25, -0.2) is 4.79 Å². The van der Waals surface area contributed by atoms with Gasteiger partial charge in [0, 0.05) is 12.7 Å². The molecule has 136 valence electrons. The van der Waals surface area contributed by atoms with E-state index in [2.05, 4.69) is 19.6 Å². The van der Waals surface area contributed by atoms with E-state index in [1.807, 2.05) is 13.8 Å². The van der Waals surface area contributed by atoms with E-state index in [-0.39, 0.29) is 12.4 Å². The molecule has 0 aromatic heterocycles. The van der Waals surface area contributed by atoms with Crippen LogP contribution in [0.5, 0.6) is 0 Å². The molecule has 1 N–H and O–H groups in total. The summed E-state index contributed by atoms with van der Waals surface area (Å²) in [7, 11) is 0. The molecule has 0 bridgehead atoms. The fourth-order valence-corrected chi connectivity index (χ4v) is 2.72. The Morgan fingerprint density at radius 2 is 2.04 bits per heavy atom.